The van der Waals surface area contributed by atoms with E-state index in [0.717, 1.165) is 0 Å². The minimum absolute atomic E-state index is 0.00887. The molecule has 0 saturated carbocycles. The number of carboxylic acid groups (broad SMARTS) is 1. The van der Waals surface area contributed by atoms with Gasteiger partial charge in [0.2, 0.25) is 5.24 Å². The average molecular weight is 283 g/mol. The Bertz CT molecular complexity index is 235. The minimum Gasteiger partial charge on any atom is -0.480 e. The topological polar surface area (TPSA) is 72.8 Å². The van der Waals surface area contributed by atoms with Crippen molar-refractivity contribution in [2.75, 3.05) is 13.2 Å². The molecule has 0 radical (unpaired) electrons. The monoisotopic (exact) mass is 282 g/mol. The Labute approximate surface area is 113 Å². The molecule has 0 aliphatic heterocycles. The van der Waals surface area contributed by atoms with Gasteiger partial charge >= 0.3 is 5.97 Å². The molecular weight excluding hydrogens is 260 g/mol. The molecule has 0 saturated heterocycles. The van der Waals surface area contributed by atoms with Crippen molar-refractivity contribution in [1.29, 1.82) is 0 Å². The molecule has 0 aliphatic rings. The lowest BCUT2D eigenvalue weighted by Gasteiger charge is -2.17. The first kappa shape index (κ1) is 19.7. The highest BCUT2D eigenvalue weighted by atomic mass is 35.5. The van der Waals surface area contributed by atoms with E-state index in [4.69, 9.17) is 26.2 Å². The van der Waals surface area contributed by atoms with Gasteiger partial charge in [0, 0.05) is 0 Å². The fourth-order valence-corrected chi connectivity index (χ4v) is 0.606. The summed E-state index contributed by atoms with van der Waals surface area (Å²) in [7, 11) is 0. The zero-order valence-corrected chi connectivity index (χ0v) is 12.6. The number of carboxylic acids is 1. The molecule has 0 amide bonds. The summed E-state index contributed by atoms with van der Waals surface area (Å²) in [5, 5.41) is 7.70. The zero-order chi connectivity index (χ0) is 15.0. The predicted octanol–water partition coefficient (Wildman–Crippen LogP) is 2.45. The fraction of sp³-hybridized carbons (Fsp3) is 0.833. The highest BCUT2D eigenvalue weighted by Crippen LogP contribution is 2.06. The molecule has 0 atom stereocenters. The normalized spacial score (nSPS) is 11.5. The predicted molar refractivity (Wildman–Crippen MR) is 69.9 cm³/mol. The summed E-state index contributed by atoms with van der Waals surface area (Å²) in [6.07, 6.45) is 0. The molecule has 0 aromatic carbocycles. The van der Waals surface area contributed by atoms with E-state index < -0.39 is 11.2 Å². The Morgan fingerprint density at radius 3 is 1.39 bits per heavy atom. The van der Waals surface area contributed by atoms with Gasteiger partial charge in [-0.15, -0.1) is 0 Å². The van der Waals surface area contributed by atoms with Crippen LogP contribution in [0, 0.1) is 0 Å². The molecule has 6 heteroatoms. The van der Waals surface area contributed by atoms with E-state index in [2.05, 4.69) is 0 Å². The highest BCUT2D eigenvalue weighted by Gasteiger charge is 2.11. The molecule has 0 unspecified atom stereocenters. The largest absolute Gasteiger partial charge is 0.480 e. The quantitative estimate of drug-likeness (QED) is 0.802. The molecule has 18 heavy (non-hydrogen) atoms. The average Bonchev–Trinajstić information content (AvgIpc) is 2.10. The van der Waals surface area contributed by atoms with Crippen molar-refractivity contribution in [2.45, 2.75) is 52.7 Å². The molecule has 0 bridgehead atoms. The first-order valence-electron chi connectivity index (χ1n) is 5.51. The van der Waals surface area contributed by atoms with Crippen LogP contribution < -0.4 is 0 Å². The Morgan fingerprint density at radius 2 is 1.28 bits per heavy atom. The lowest BCUT2D eigenvalue weighted by molar-refractivity contribution is -0.147. The van der Waals surface area contributed by atoms with Gasteiger partial charge in [0.1, 0.15) is 13.2 Å². The third kappa shape index (κ3) is 24.5. The van der Waals surface area contributed by atoms with Gasteiger partial charge in [0.15, 0.2) is 0 Å². The Balaban J connectivity index is 0. The van der Waals surface area contributed by atoms with Crippen LogP contribution in [-0.2, 0) is 19.1 Å². The van der Waals surface area contributed by atoms with Crippen LogP contribution in [0.2, 0.25) is 0 Å². The van der Waals surface area contributed by atoms with Crippen molar-refractivity contribution >= 4 is 22.8 Å². The van der Waals surface area contributed by atoms with E-state index in [0.29, 0.717) is 0 Å². The molecule has 0 spiro atoms. The summed E-state index contributed by atoms with van der Waals surface area (Å²) in [6.45, 7) is 10.8. The molecule has 108 valence electrons. The lowest BCUT2D eigenvalue weighted by Crippen LogP contribution is -2.23. The summed E-state index contributed by atoms with van der Waals surface area (Å²) in [5.74, 6) is -0.926. The van der Waals surface area contributed by atoms with Crippen LogP contribution in [0.15, 0.2) is 0 Å². The van der Waals surface area contributed by atoms with Crippen molar-refractivity contribution in [3.05, 3.63) is 0 Å². The lowest BCUT2D eigenvalue weighted by atomic mass is 10.2. The van der Waals surface area contributed by atoms with Crippen LogP contribution in [-0.4, -0.2) is 40.7 Å². The number of ether oxygens (including phenoxy) is 2. The van der Waals surface area contributed by atoms with Gasteiger partial charge in [0.05, 0.1) is 11.2 Å². The summed E-state index contributed by atoms with van der Waals surface area (Å²) in [6, 6.07) is 0. The Kier molecular flexibility index (Phi) is 9.24. The number of hydrogen-bond acceptors (Lipinski definition) is 4. The number of rotatable bonds is 4. The zero-order valence-electron chi connectivity index (χ0n) is 11.9. The Morgan fingerprint density at radius 1 is 0.944 bits per heavy atom. The van der Waals surface area contributed by atoms with Crippen molar-refractivity contribution in [3.63, 3.8) is 0 Å². The van der Waals surface area contributed by atoms with E-state index in [1.54, 1.807) is 0 Å². The number of aliphatic carboxylic acids is 1. The summed E-state index contributed by atoms with van der Waals surface area (Å²) in [4.78, 5) is 20.1. The second-order valence-corrected chi connectivity index (χ2v) is 5.97. The van der Waals surface area contributed by atoms with Crippen LogP contribution in [0.25, 0.3) is 0 Å². The van der Waals surface area contributed by atoms with Crippen molar-refractivity contribution in [3.8, 4) is 0 Å². The molecule has 0 rings (SSSR count). The Hall–Kier alpha value is -0.650. The molecule has 0 heterocycles. The van der Waals surface area contributed by atoms with E-state index in [1.807, 2.05) is 41.5 Å². The van der Waals surface area contributed by atoms with Crippen molar-refractivity contribution in [2.24, 2.45) is 0 Å². The summed E-state index contributed by atoms with van der Waals surface area (Å²) in [5.41, 5.74) is -0.622. The van der Waals surface area contributed by atoms with Crippen molar-refractivity contribution < 1.29 is 24.2 Å². The SMILES string of the molecule is CC(C)(C)OCC(=O)Cl.CC(C)(C)OCC(=O)O. The smallest absolute Gasteiger partial charge is 0.329 e. The van der Waals surface area contributed by atoms with Crippen LogP contribution in [0.5, 0.6) is 0 Å². The van der Waals surface area contributed by atoms with E-state index in [1.165, 1.54) is 0 Å². The molecule has 5 nitrogen and oxygen atoms in total. The van der Waals surface area contributed by atoms with Gasteiger partial charge in [0.25, 0.3) is 0 Å². The van der Waals surface area contributed by atoms with Gasteiger partial charge < -0.3 is 14.6 Å². The standard InChI is InChI=1S/C6H11ClO2.C6H12O3/c2*1-6(2,3)9-4-5(7)8/h4H2,1-3H3;4H2,1-3H3,(H,7,8). The van der Waals surface area contributed by atoms with E-state index in [9.17, 15) is 9.59 Å². The number of hydrogen-bond donors (Lipinski definition) is 1. The molecule has 0 aromatic heterocycles. The fourth-order valence-electron chi connectivity index (χ4n) is 0.551. The summed E-state index contributed by atoms with van der Waals surface area (Å²) >= 11 is 5.02. The van der Waals surface area contributed by atoms with E-state index in [-0.39, 0.29) is 24.4 Å². The third-order valence-corrected chi connectivity index (χ3v) is 1.36. The third-order valence-electron chi connectivity index (χ3n) is 1.25. The molecular formula is C12H23ClO5. The van der Waals surface area contributed by atoms with Crippen LogP contribution in [0.4, 0.5) is 0 Å². The van der Waals surface area contributed by atoms with Gasteiger partial charge in [-0.1, -0.05) is 0 Å². The number of carbonyl (C=O) groups excluding carboxylic acids is 1. The first-order chi connectivity index (χ1) is 7.83. The van der Waals surface area contributed by atoms with Crippen LogP contribution >= 0.6 is 11.6 Å². The van der Waals surface area contributed by atoms with Crippen LogP contribution in [0.1, 0.15) is 41.5 Å². The maximum absolute atomic E-state index is 10.1. The molecule has 0 aliphatic carbocycles. The second kappa shape index (κ2) is 8.45. The van der Waals surface area contributed by atoms with Crippen molar-refractivity contribution in [1.82, 2.24) is 0 Å². The van der Waals surface area contributed by atoms with E-state index >= 15 is 0 Å². The maximum atomic E-state index is 10.1. The van der Waals surface area contributed by atoms with Crippen LogP contribution in [0.3, 0.4) is 0 Å². The first-order valence-corrected chi connectivity index (χ1v) is 5.89. The maximum Gasteiger partial charge on any atom is 0.329 e. The number of halogens is 1. The minimum atomic E-state index is -0.926. The van der Waals surface area contributed by atoms with Gasteiger partial charge in [-0.05, 0) is 53.1 Å². The summed E-state index contributed by atoms with van der Waals surface area (Å²) < 4.78 is 9.90. The molecule has 0 aromatic rings. The number of carbonyl (C=O) groups is 2. The van der Waals surface area contributed by atoms with Gasteiger partial charge in [-0.2, -0.15) is 0 Å². The molecule has 1 N–H and O–H groups in total. The van der Waals surface area contributed by atoms with Gasteiger partial charge in [-0.3, -0.25) is 4.79 Å². The molecule has 0 fully saturated rings. The van der Waals surface area contributed by atoms with Gasteiger partial charge in [-0.25, -0.2) is 4.79 Å². The second-order valence-electron chi connectivity index (χ2n) is 5.55. The highest BCUT2D eigenvalue weighted by molar-refractivity contribution is 6.63.